The SMILES string of the molecule is CC(N)Cc1cccc(F)c1N(C)C1CCC(C)CC1. The van der Waals surface area contributed by atoms with E-state index in [4.69, 9.17) is 5.73 Å². The Bertz CT molecular complexity index is 437. The zero-order valence-electron chi connectivity index (χ0n) is 12.9. The van der Waals surface area contributed by atoms with Crippen LogP contribution in [-0.4, -0.2) is 19.1 Å². The molecule has 0 heterocycles. The molecule has 2 N–H and O–H groups in total. The van der Waals surface area contributed by atoms with E-state index >= 15 is 0 Å². The Hall–Kier alpha value is -1.09. The van der Waals surface area contributed by atoms with Gasteiger partial charge in [-0.15, -0.1) is 0 Å². The van der Waals surface area contributed by atoms with Crippen LogP contribution >= 0.6 is 0 Å². The van der Waals surface area contributed by atoms with E-state index in [2.05, 4.69) is 11.8 Å². The molecule has 112 valence electrons. The van der Waals surface area contributed by atoms with E-state index in [0.717, 1.165) is 36.4 Å². The summed E-state index contributed by atoms with van der Waals surface area (Å²) >= 11 is 0. The van der Waals surface area contributed by atoms with Crippen LogP contribution in [-0.2, 0) is 6.42 Å². The maximum absolute atomic E-state index is 14.3. The average molecular weight is 278 g/mol. The third kappa shape index (κ3) is 3.51. The van der Waals surface area contributed by atoms with Gasteiger partial charge in [0.2, 0.25) is 0 Å². The number of anilines is 1. The summed E-state index contributed by atoms with van der Waals surface area (Å²) in [5.41, 5.74) is 7.68. The van der Waals surface area contributed by atoms with Crippen LogP contribution in [0, 0.1) is 11.7 Å². The molecule has 1 aromatic carbocycles. The summed E-state index contributed by atoms with van der Waals surface area (Å²) in [4.78, 5) is 2.15. The number of benzene rings is 1. The van der Waals surface area contributed by atoms with E-state index in [9.17, 15) is 4.39 Å². The number of hydrogen-bond donors (Lipinski definition) is 1. The van der Waals surface area contributed by atoms with Crippen molar-refractivity contribution in [2.24, 2.45) is 11.7 Å². The van der Waals surface area contributed by atoms with Gasteiger partial charge in [-0.3, -0.25) is 0 Å². The molecule has 0 aromatic heterocycles. The zero-order valence-corrected chi connectivity index (χ0v) is 12.9. The van der Waals surface area contributed by atoms with Crippen LogP contribution < -0.4 is 10.6 Å². The Morgan fingerprint density at radius 1 is 1.30 bits per heavy atom. The topological polar surface area (TPSA) is 29.3 Å². The molecule has 1 aliphatic carbocycles. The maximum Gasteiger partial charge on any atom is 0.146 e. The number of halogens is 1. The van der Waals surface area contributed by atoms with Gasteiger partial charge in [-0.2, -0.15) is 0 Å². The Morgan fingerprint density at radius 3 is 2.55 bits per heavy atom. The molecule has 0 bridgehead atoms. The Kier molecular flexibility index (Phi) is 5.03. The van der Waals surface area contributed by atoms with Crippen LogP contribution in [0.15, 0.2) is 18.2 Å². The van der Waals surface area contributed by atoms with Crippen molar-refractivity contribution in [3.8, 4) is 0 Å². The van der Waals surface area contributed by atoms with E-state index in [0.29, 0.717) is 6.04 Å². The van der Waals surface area contributed by atoms with Gasteiger partial charge in [-0.1, -0.05) is 19.1 Å². The molecular formula is C17H27FN2. The number of nitrogens with two attached hydrogens (primary N) is 1. The molecule has 1 aliphatic rings. The molecule has 1 unspecified atom stereocenters. The summed E-state index contributed by atoms with van der Waals surface area (Å²) in [5, 5.41) is 0. The molecule has 0 spiro atoms. The lowest BCUT2D eigenvalue weighted by Crippen LogP contribution is -2.36. The fourth-order valence-corrected chi connectivity index (χ4v) is 3.28. The lowest BCUT2D eigenvalue weighted by molar-refractivity contribution is 0.339. The molecule has 0 aliphatic heterocycles. The summed E-state index contributed by atoms with van der Waals surface area (Å²) in [6, 6.07) is 5.85. The Balaban J connectivity index is 2.21. The third-order valence-corrected chi connectivity index (χ3v) is 4.50. The van der Waals surface area contributed by atoms with Crippen molar-refractivity contribution in [1.82, 2.24) is 0 Å². The van der Waals surface area contributed by atoms with Crippen molar-refractivity contribution in [3.63, 3.8) is 0 Å². The zero-order chi connectivity index (χ0) is 14.7. The summed E-state index contributed by atoms with van der Waals surface area (Å²) in [6.45, 7) is 4.28. The van der Waals surface area contributed by atoms with Gasteiger partial charge in [-0.05, 0) is 56.6 Å². The summed E-state index contributed by atoms with van der Waals surface area (Å²) in [5.74, 6) is 0.688. The molecule has 1 fully saturated rings. The van der Waals surface area contributed by atoms with Gasteiger partial charge in [0.05, 0.1) is 5.69 Å². The molecular weight excluding hydrogens is 251 g/mol. The highest BCUT2D eigenvalue weighted by atomic mass is 19.1. The molecule has 0 amide bonds. The predicted octanol–water partition coefficient (Wildman–Crippen LogP) is 3.73. The van der Waals surface area contributed by atoms with Crippen LogP contribution in [0.3, 0.4) is 0 Å². The second-order valence-electron chi connectivity index (χ2n) is 6.45. The molecule has 1 saturated carbocycles. The lowest BCUT2D eigenvalue weighted by Gasteiger charge is -2.36. The maximum atomic E-state index is 14.3. The third-order valence-electron chi connectivity index (χ3n) is 4.50. The van der Waals surface area contributed by atoms with Crippen LogP contribution in [0.25, 0.3) is 0 Å². The predicted molar refractivity (Wildman–Crippen MR) is 83.6 cm³/mol. The van der Waals surface area contributed by atoms with Gasteiger partial charge in [-0.25, -0.2) is 4.39 Å². The first-order chi connectivity index (χ1) is 9.49. The smallest absolute Gasteiger partial charge is 0.146 e. The highest BCUT2D eigenvalue weighted by Crippen LogP contribution is 2.32. The first kappa shape index (κ1) is 15.3. The summed E-state index contributed by atoms with van der Waals surface area (Å²) < 4.78 is 14.3. The van der Waals surface area contributed by atoms with E-state index in [-0.39, 0.29) is 11.9 Å². The molecule has 20 heavy (non-hydrogen) atoms. The van der Waals surface area contributed by atoms with Crippen LogP contribution in [0.1, 0.15) is 45.1 Å². The second kappa shape index (κ2) is 6.57. The molecule has 1 atom stereocenters. The minimum atomic E-state index is -0.121. The molecule has 1 aromatic rings. The Labute approximate surface area is 122 Å². The van der Waals surface area contributed by atoms with Gasteiger partial charge in [0.25, 0.3) is 0 Å². The fraction of sp³-hybridized carbons (Fsp3) is 0.647. The van der Waals surface area contributed by atoms with Crippen molar-refractivity contribution >= 4 is 5.69 Å². The largest absolute Gasteiger partial charge is 0.369 e. The average Bonchev–Trinajstić information content (AvgIpc) is 2.38. The van der Waals surface area contributed by atoms with Gasteiger partial charge in [0, 0.05) is 19.1 Å². The first-order valence-electron chi connectivity index (χ1n) is 7.74. The normalized spacial score (nSPS) is 24.4. The van der Waals surface area contributed by atoms with Gasteiger partial charge in [0.15, 0.2) is 0 Å². The molecule has 2 rings (SSSR count). The number of para-hydroxylation sites is 1. The first-order valence-corrected chi connectivity index (χ1v) is 7.74. The molecule has 0 radical (unpaired) electrons. The van der Waals surface area contributed by atoms with E-state index < -0.39 is 0 Å². The minimum absolute atomic E-state index is 0.0512. The highest BCUT2D eigenvalue weighted by molar-refractivity contribution is 5.55. The standard InChI is InChI=1S/C17H27FN2/c1-12-7-9-15(10-8-12)20(3)17-14(11-13(2)19)5-4-6-16(17)18/h4-6,12-13,15H,7-11,19H2,1-3H3. The van der Waals surface area contributed by atoms with Gasteiger partial charge < -0.3 is 10.6 Å². The fourth-order valence-electron chi connectivity index (χ4n) is 3.28. The van der Waals surface area contributed by atoms with Crippen molar-refractivity contribution < 1.29 is 4.39 Å². The van der Waals surface area contributed by atoms with Crippen molar-refractivity contribution in [2.75, 3.05) is 11.9 Å². The summed E-state index contributed by atoms with van der Waals surface area (Å²) in [7, 11) is 2.03. The molecule has 0 saturated heterocycles. The Morgan fingerprint density at radius 2 is 1.95 bits per heavy atom. The monoisotopic (exact) mass is 278 g/mol. The van der Waals surface area contributed by atoms with E-state index in [1.165, 1.54) is 12.8 Å². The van der Waals surface area contributed by atoms with Gasteiger partial charge >= 0.3 is 0 Å². The van der Waals surface area contributed by atoms with Crippen molar-refractivity contribution in [2.45, 2.75) is 58.0 Å². The number of hydrogen-bond acceptors (Lipinski definition) is 2. The van der Waals surface area contributed by atoms with Crippen molar-refractivity contribution in [3.05, 3.63) is 29.6 Å². The van der Waals surface area contributed by atoms with E-state index in [1.807, 2.05) is 20.0 Å². The van der Waals surface area contributed by atoms with Crippen molar-refractivity contribution in [1.29, 1.82) is 0 Å². The highest BCUT2D eigenvalue weighted by Gasteiger charge is 2.25. The molecule has 2 nitrogen and oxygen atoms in total. The lowest BCUT2D eigenvalue weighted by atomic mass is 9.86. The minimum Gasteiger partial charge on any atom is -0.369 e. The van der Waals surface area contributed by atoms with Crippen LogP contribution in [0.4, 0.5) is 10.1 Å². The quantitative estimate of drug-likeness (QED) is 0.909. The van der Waals surface area contributed by atoms with Gasteiger partial charge in [0.1, 0.15) is 5.82 Å². The number of nitrogens with zero attached hydrogens (tertiary/aromatic N) is 1. The molecule has 3 heteroatoms. The number of rotatable bonds is 4. The second-order valence-corrected chi connectivity index (χ2v) is 6.45. The van der Waals surface area contributed by atoms with Crippen LogP contribution in [0.5, 0.6) is 0 Å². The van der Waals surface area contributed by atoms with Crippen LogP contribution in [0.2, 0.25) is 0 Å². The summed E-state index contributed by atoms with van der Waals surface area (Å²) in [6.07, 6.45) is 5.52. The van der Waals surface area contributed by atoms with E-state index in [1.54, 1.807) is 12.1 Å².